The van der Waals surface area contributed by atoms with E-state index in [9.17, 15) is 18.0 Å². The molecular weight excluding hydrogens is 354 g/mol. The Morgan fingerprint density at radius 1 is 1.12 bits per heavy atom. The average molecular weight is 375 g/mol. The largest absolute Gasteiger partial charge is 0.346 e. The lowest BCUT2D eigenvalue weighted by atomic mass is 10.1. The van der Waals surface area contributed by atoms with Crippen LogP contribution in [0.15, 0.2) is 47.4 Å². The molecule has 7 nitrogen and oxygen atoms in total. The van der Waals surface area contributed by atoms with Crippen molar-refractivity contribution in [2.24, 2.45) is 5.14 Å². The maximum absolute atomic E-state index is 12.6. The number of hydrogen-bond acceptors (Lipinski definition) is 4. The lowest BCUT2D eigenvalue weighted by Gasteiger charge is -2.17. The van der Waals surface area contributed by atoms with Gasteiger partial charge in [0, 0.05) is 18.2 Å². The molecule has 2 aromatic rings. The number of anilines is 1. The number of carbonyl (C=O) groups excluding carboxylic acids is 2. The molecule has 8 heteroatoms. The van der Waals surface area contributed by atoms with E-state index in [0.717, 1.165) is 5.56 Å². The van der Waals surface area contributed by atoms with Gasteiger partial charge < -0.3 is 10.6 Å². The fourth-order valence-corrected chi connectivity index (χ4v) is 3.01. The van der Waals surface area contributed by atoms with Gasteiger partial charge in [-0.1, -0.05) is 18.2 Å². The van der Waals surface area contributed by atoms with Crippen LogP contribution < -0.4 is 15.8 Å². The van der Waals surface area contributed by atoms with E-state index in [2.05, 4.69) is 10.6 Å². The van der Waals surface area contributed by atoms with Crippen molar-refractivity contribution >= 4 is 27.5 Å². The van der Waals surface area contributed by atoms with Gasteiger partial charge in [-0.15, -0.1) is 0 Å². The Labute approximate surface area is 152 Å². The number of primary sulfonamides is 1. The quantitative estimate of drug-likeness (QED) is 0.741. The van der Waals surface area contributed by atoms with E-state index in [4.69, 9.17) is 5.14 Å². The Morgan fingerprint density at radius 3 is 2.42 bits per heavy atom. The molecule has 0 aromatic heterocycles. The third-order valence-corrected chi connectivity index (χ3v) is 4.75. The summed E-state index contributed by atoms with van der Waals surface area (Å²) in [6.45, 7) is 4.92. The Hall–Kier alpha value is -2.71. The van der Waals surface area contributed by atoms with Crippen LogP contribution >= 0.6 is 0 Å². The molecule has 4 N–H and O–H groups in total. The molecule has 0 fully saturated rings. The van der Waals surface area contributed by atoms with E-state index in [1.54, 1.807) is 32.0 Å². The number of nitrogens with one attached hydrogen (secondary N) is 2. The van der Waals surface area contributed by atoms with Gasteiger partial charge in [-0.2, -0.15) is 0 Å². The van der Waals surface area contributed by atoms with Crippen molar-refractivity contribution in [3.05, 3.63) is 59.2 Å². The average Bonchev–Trinajstić information content (AvgIpc) is 2.53. The molecule has 2 aromatic carbocycles. The van der Waals surface area contributed by atoms with Crippen LogP contribution in [0.1, 0.15) is 41.4 Å². The molecule has 0 saturated heterocycles. The highest BCUT2D eigenvalue weighted by Crippen LogP contribution is 2.20. The van der Waals surface area contributed by atoms with Crippen LogP contribution in [0, 0.1) is 6.92 Å². The van der Waals surface area contributed by atoms with E-state index in [-0.39, 0.29) is 22.4 Å². The minimum atomic E-state index is -3.89. The van der Waals surface area contributed by atoms with E-state index < -0.39 is 15.9 Å². The lowest BCUT2D eigenvalue weighted by molar-refractivity contribution is -0.114. The van der Waals surface area contributed by atoms with E-state index in [1.807, 2.05) is 6.07 Å². The van der Waals surface area contributed by atoms with Crippen molar-refractivity contribution in [3.8, 4) is 0 Å². The Kier molecular flexibility index (Phi) is 5.79. The molecule has 138 valence electrons. The molecule has 2 amide bonds. The summed E-state index contributed by atoms with van der Waals surface area (Å²) in [5.74, 6) is -0.597. The number of hydrogen-bond donors (Lipinski definition) is 3. The zero-order valence-electron chi connectivity index (χ0n) is 14.7. The molecule has 0 aliphatic rings. The predicted octanol–water partition coefficient (Wildman–Crippen LogP) is 2.09. The lowest BCUT2D eigenvalue weighted by Crippen LogP contribution is -2.27. The number of nitrogens with two attached hydrogens (primary N) is 1. The molecule has 0 heterocycles. The van der Waals surface area contributed by atoms with Gasteiger partial charge in [-0.25, -0.2) is 13.6 Å². The Bertz CT molecular complexity index is 955. The topological polar surface area (TPSA) is 118 Å². The maximum Gasteiger partial charge on any atom is 0.252 e. The van der Waals surface area contributed by atoms with Crippen LogP contribution in [0.3, 0.4) is 0 Å². The highest BCUT2D eigenvalue weighted by atomic mass is 32.2. The van der Waals surface area contributed by atoms with Gasteiger partial charge in [0.2, 0.25) is 15.9 Å². The first-order valence-corrected chi connectivity index (χ1v) is 9.44. The van der Waals surface area contributed by atoms with Crippen LogP contribution in [-0.4, -0.2) is 20.2 Å². The minimum absolute atomic E-state index is 0.117. The number of amides is 2. The molecule has 0 radical (unpaired) electrons. The third kappa shape index (κ3) is 4.90. The SMILES string of the molecule is CC(=O)Nc1cccc(C(C)NC(=O)c2cc(S(N)(=O)=O)ccc2C)c1. The fourth-order valence-electron chi connectivity index (χ4n) is 2.47. The normalized spacial score (nSPS) is 12.3. The molecule has 0 spiro atoms. The summed E-state index contributed by atoms with van der Waals surface area (Å²) >= 11 is 0. The number of sulfonamides is 1. The highest BCUT2D eigenvalue weighted by molar-refractivity contribution is 7.89. The fraction of sp³-hybridized carbons (Fsp3) is 0.222. The predicted molar refractivity (Wildman–Crippen MR) is 99.2 cm³/mol. The second-order valence-corrected chi connectivity index (χ2v) is 7.58. The summed E-state index contributed by atoms with van der Waals surface area (Å²) < 4.78 is 23.0. The number of rotatable bonds is 5. The molecule has 1 atom stereocenters. The monoisotopic (exact) mass is 375 g/mol. The van der Waals surface area contributed by atoms with E-state index >= 15 is 0 Å². The first-order valence-electron chi connectivity index (χ1n) is 7.90. The van der Waals surface area contributed by atoms with Crippen molar-refractivity contribution in [1.29, 1.82) is 0 Å². The van der Waals surface area contributed by atoms with Crippen molar-refractivity contribution in [1.82, 2.24) is 5.32 Å². The molecular formula is C18H21N3O4S. The summed E-state index contributed by atoms with van der Waals surface area (Å²) in [5, 5.41) is 10.6. The first-order chi connectivity index (χ1) is 12.1. The van der Waals surface area contributed by atoms with Gasteiger partial charge in [0.1, 0.15) is 0 Å². The molecule has 26 heavy (non-hydrogen) atoms. The van der Waals surface area contributed by atoms with Crippen molar-refractivity contribution < 1.29 is 18.0 Å². The molecule has 0 saturated carbocycles. The van der Waals surface area contributed by atoms with Crippen molar-refractivity contribution in [3.63, 3.8) is 0 Å². The summed E-state index contributed by atoms with van der Waals surface area (Å²) in [4.78, 5) is 23.6. The maximum atomic E-state index is 12.6. The molecule has 0 aliphatic carbocycles. The van der Waals surface area contributed by atoms with Gasteiger partial charge in [-0.05, 0) is 49.2 Å². The summed E-state index contributed by atoms with van der Waals surface area (Å²) in [6, 6.07) is 10.9. The zero-order valence-corrected chi connectivity index (χ0v) is 15.6. The highest BCUT2D eigenvalue weighted by Gasteiger charge is 2.17. The molecule has 1 unspecified atom stereocenters. The van der Waals surface area contributed by atoms with Crippen LogP contribution in [0.4, 0.5) is 5.69 Å². The Morgan fingerprint density at radius 2 is 1.81 bits per heavy atom. The number of aryl methyl sites for hydroxylation is 1. The van der Waals surface area contributed by atoms with Crippen LogP contribution in [0.2, 0.25) is 0 Å². The van der Waals surface area contributed by atoms with E-state index in [0.29, 0.717) is 11.3 Å². The van der Waals surface area contributed by atoms with Crippen LogP contribution in [0.25, 0.3) is 0 Å². The van der Waals surface area contributed by atoms with Crippen molar-refractivity contribution in [2.75, 3.05) is 5.32 Å². The zero-order chi connectivity index (χ0) is 19.5. The van der Waals surface area contributed by atoms with Gasteiger partial charge in [0.05, 0.1) is 10.9 Å². The molecule has 0 aliphatic heterocycles. The first kappa shape index (κ1) is 19.6. The van der Waals surface area contributed by atoms with Crippen LogP contribution in [0.5, 0.6) is 0 Å². The standard InChI is InChI=1S/C18H21N3O4S/c1-11-7-8-16(26(19,24)25)10-17(11)18(23)20-12(2)14-5-4-6-15(9-14)21-13(3)22/h4-10,12H,1-3H3,(H,20,23)(H,21,22)(H2,19,24,25). The second-order valence-electron chi connectivity index (χ2n) is 6.02. The van der Waals surface area contributed by atoms with Crippen LogP contribution in [-0.2, 0) is 14.8 Å². The second kappa shape index (κ2) is 7.67. The number of benzene rings is 2. The number of carbonyl (C=O) groups is 2. The summed E-state index contributed by atoms with van der Waals surface area (Å²) in [5.41, 5.74) is 2.30. The van der Waals surface area contributed by atoms with Gasteiger partial charge in [0.15, 0.2) is 0 Å². The van der Waals surface area contributed by atoms with Gasteiger partial charge in [-0.3, -0.25) is 9.59 Å². The summed E-state index contributed by atoms with van der Waals surface area (Å²) in [7, 11) is -3.89. The molecule has 2 rings (SSSR count). The summed E-state index contributed by atoms with van der Waals surface area (Å²) in [6.07, 6.45) is 0. The van der Waals surface area contributed by atoms with Crippen molar-refractivity contribution in [2.45, 2.75) is 31.7 Å². The molecule has 0 bridgehead atoms. The smallest absolute Gasteiger partial charge is 0.252 e. The third-order valence-electron chi connectivity index (χ3n) is 3.84. The minimum Gasteiger partial charge on any atom is -0.346 e. The Balaban J connectivity index is 2.23. The van der Waals surface area contributed by atoms with Gasteiger partial charge in [0.25, 0.3) is 5.91 Å². The van der Waals surface area contributed by atoms with E-state index in [1.165, 1.54) is 25.1 Å². The van der Waals surface area contributed by atoms with Gasteiger partial charge >= 0.3 is 0 Å².